The van der Waals surface area contributed by atoms with Crippen LogP contribution in [-0.4, -0.2) is 62.5 Å². The van der Waals surface area contributed by atoms with Gasteiger partial charge in [0.25, 0.3) is 0 Å². The summed E-state index contributed by atoms with van der Waals surface area (Å²) < 4.78 is 10.8. The zero-order chi connectivity index (χ0) is 42.6. The summed E-state index contributed by atoms with van der Waals surface area (Å²) in [7, 11) is 3.58. The first-order valence-corrected chi connectivity index (χ1v) is 22.6. The molecule has 0 heterocycles. The number of rotatable bonds is 18. The summed E-state index contributed by atoms with van der Waals surface area (Å²) >= 11 is 0. The fourth-order valence-electron chi connectivity index (χ4n) is 10.3. The second-order valence-electron chi connectivity index (χ2n) is 16.9. The molecule has 0 amide bonds. The Hall–Kier alpha value is -0.952. The van der Waals surface area contributed by atoms with Gasteiger partial charge < -0.3 is 35.0 Å². The van der Waals surface area contributed by atoms with Gasteiger partial charge in [0.15, 0.2) is 6.61 Å². The SMILES string of the molecule is CC.CC#N.CCCCC[C@H](O)CC[C@@H]1[C@H]2Cc3cccc(OCC(=O)O)c3C[C@H]2C[C@H]1O.[CH2-]Oc1cccc2c1C[C@H]1C[C@@H](O)[C@H](CC[C@@H](O)CCCCC)[C@H]1C2.[Y].[Y]. The monoisotopic (exact) mass is 984 g/mol. The van der Waals surface area contributed by atoms with Crippen molar-refractivity contribution < 1.29 is 105 Å². The predicted molar refractivity (Wildman–Crippen MR) is 230 cm³/mol. The van der Waals surface area contributed by atoms with Gasteiger partial charge in [0.1, 0.15) is 5.75 Å². The molecule has 0 unspecified atom stereocenters. The zero-order valence-electron chi connectivity index (χ0n) is 37.4. The molecule has 332 valence electrons. The van der Waals surface area contributed by atoms with E-state index in [0.29, 0.717) is 35.3 Å². The second-order valence-corrected chi connectivity index (χ2v) is 16.9. The standard InChI is InChI=1S/C23H34O5.C22H33O3.C2H3N.C2H6.2Y/c1-2-3-4-7-17(24)9-10-18-19-11-15-6-5-8-22(28-14-23(26)27)20(15)12-16(19)13-21(18)25;1-3-4-5-8-17(23)10-11-18-19-12-15-7-6-9-22(25-2)20(15)13-16(19)14-21(18)24;1-2-3;1-2;;/h5-6,8,16-19,21,24-25H,2-4,7,9-14H2,1H3,(H,26,27);6-7,9,16-19,21,23-24H,2-5,8,10-14H2,1H3;1H3;1-2H3;;/q;-1;;;;/t2*16-,17-,18+,19-,21+;;;;/m00..../s1. The number of aliphatic hydroxyl groups excluding tert-OH is 4. The molecule has 0 saturated heterocycles. The molecule has 6 rings (SSSR count). The van der Waals surface area contributed by atoms with Gasteiger partial charge in [-0.1, -0.05) is 90.5 Å². The van der Waals surface area contributed by atoms with E-state index in [-0.39, 0.29) is 102 Å². The summed E-state index contributed by atoms with van der Waals surface area (Å²) in [6.07, 6.45) is 16.5. The minimum Gasteiger partial charge on any atom is -0.665 e. The maximum atomic E-state index is 10.8. The largest absolute Gasteiger partial charge is 0.665 e. The number of carboxylic acids is 1. The number of aliphatic hydroxyl groups is 4. The van der Waals surface area contributed by atoms with Crippen LogP contribution in [0.4, 0.5) is 0 Å². The molecule has 0 aromatic heterocycles. The van der Waals surface area contributed by atoms with E-state index in [0.717, 1.165) is 114 Å². The molecule has 9 nitrogen and oxygen atoms in total. The van der Waals surface area contributed by atoms with E-state index in [1.54, 1.807) is 6.07 Å². The summed E-state index contributed by atoms with van der Waals surface area (Å²) in [6, 6.07) is 13.8. The molecule has 0 bridgehead atoms. The van der Waals surface area contributed by atoms with Crippen LogP contribution in [0.1, 0.15) is 147 Å². The molecular formula is C49H76NO8Y2-. The third kappa shape index (κ3) is 17.2. The van der Waals surface area contributed by atoms with Crippen molar-refractivity contribution in [3.8, 4) is 17.6 Å². The molecule has 2 radical (unpaired) electrons. The minimum atomic E-state index is -0.972. The van der Waals surface area contributed by atoms with Gasteiger partial charge in [0.2, 0.25) is 0 Å². The molecule has 0 spiro atoms. The number of benzene rings is 2. The number of fused-ring (bicyclic) bond motifs is 4. The molecule has 4 aliphatic carbocycles. The van der Waals surface area contributed by atoms with Gasteiger partial charge in [-0.05, 0) is 147 Å². The average molecular weight is 985 g/mol. The van der Waals surface area contributed by atoms with Crippen molar-refractivity contribution in [3.05, 3.63) is 65.8 Å². The summed E-state index contributed by atoms with van der Waals surface area (Å²) in [5.74, 6) is 3.04. The number of hydrogen-bond donors (Lipinski definition) is 5. The summed E-state index contributed by atoms with van der Waals surface area (Å²) in [5, 5.41) is 58.0. The molecule has 5 N–H and O–H groups in total. The Balaban J connectivity index is 0.000000528. The fourth-order valence-corrected chi connectivity index (χ4v) is 10.3. The van der Waals surface area contributed by atoms with Crippen molar-refractivity contribution in [1.29, 1.82) is 5.26 Å². The summed E-state index contributed by atoms with van der Waals surface area (Å²) in [6.45, 7) is 9.46. The number of nitrogens with zero attached hydrogens (tertiary/aromatic N) is 1. The van der Waals surface area contributed by atoms with Crippen molar-refractivity contribution in [2.45, 2.75) is 175 Å². The number of carboxylic acid groups (broad SMARTS) is 1. The Bertz CT molecular complexity index is 1540. The van der Waals surface area contributed by atoms with Gasteiger partial charge in [-0.3, -0.25) is 0 Å². The van der Waals surface area contributed by atoms with Crippen LogP contribution in [-0.2, 0) is 95.9 Å². The number of unbranched alkanes of at least 4 members (excludes halogenated alkanes) is 4. The first-order chi connectivity index (χ1) is 28.0. The third-order valence-corrected chi connectivity index (χ3v) is 13.1. The molecule has 11 heteroatoms. The average Bonchev–Trinajstić information content (AvgIpc) is 3.70. The second kappa shape index (κ2) is 31.0. The van der Waals surface area contributed by atoms with E-state index < -0.39 is 5.97 Å². The first kappa shape index (κ1) is 57.1. The van der Waals surface area contributed by atoms with Crippen molar-refractivity contribution in [2.75, 3.05) is 6.61 Å². The van der Waals surface area contributed by atoms with E-state index in [1.165, 1.54) is 36.5 Å². The van der Waals surface area contributed by atoms with E-state index in [4.69, 9.17) is 19.8 Å². The Kier molecular flexibility index (Phi) is 29.5. The quantitative estimate of drug-likeness (QED) is 0.0725. The van der Waals surface area contributed by atoms with Crippen LogP contribution in [0.2, 0.25) is 0 Å². The van der Waals surface area contributed by atoms with Gasteiger partial charge in [0.05, 0.1) is 36.2 Å². The van der Waals surface area contributed by atoms with Crippen molar-refractivity contribution in [1.82, 2.24) is 0 Å². The zero-order valence-corrected chi connectivity index (χ0v) is 43.1. The molecule has 4 aliphatic rings. The Morgan fingerprint density at radius 2 is 1.17 bits per heavy atom. The topological polar surface area (TPSA) is 160 Å². The Labute approximate surface area is 413 Å². The summed E-state index contributed by atoms with van der Waals surface area (Å²) in [4.78, 5) is 10.8. The Morgan fingerprint density at radius 1 is 0.750 bits per heavy atom. The van der Waals surface area contributed by atoms with E-state index in [9.17, 15) is 25.2 Å². The smallest absolute Gasteiger partial charge is 0.341 e. The van der Waals surface area contributed by atoms with Gasteiger partial charge in [-0.15, -0.1) is 0 Å². The van der Waals surface area contributed by atoms with Crippen molar-refractivity contribution in [2.24, 2.45) is 35.5 Å². The molecule has 2 saturated carbocycles. The number of aliphatic carboxylic acids is 1. The molecule has 2 aromatic rings. The van der Waals surface area contributed by atoms with Crippen LogP contribution >= 0.6 is 0 Å². The molecular weight excluding hydrogens is 908 g/mol. The van der Waals surface area contributed by atoms with Crippen LogP contribution < -0.4 is 9.47 Å². The van der Waals surface area contributed by atoms with Gasteiger partial charge in [-0.2, -0.15) is 12.4 Å². The van der Waals surface area contributed by atoms with Gasteiger partial charge in [-0.25, -0.2) is 4.79 Å². The number of carbonyl (C=O) groups is 1. The minimum absolute atomic E-state index is 0. The van der Waals surface area contributed by atoms with E-state index >= 15 is 0 Å². The van der Waals surface area contributed by atoms with Gasteiger partial charge >= 0.3 is 5.97 Å². The number of hydrogen-bond acceptors (Lipinski definition) is 8. The molecule has 2 aromatic carbocycles. The predicted octanol–water partition coefficient (Wildman–Crippen LogP) is 9.42. The first-order valence-electron chi connectivity index (χ1n) is 22.6. The maximum absolute atomic E-state index is 10.8. The fraction of sp³-hybridized carbons (Fsp3) is 0.694. The molecule has 0 aliphatic heterocycles. The van der Waals surface area contributed by atoms with Crippen LogP contribution in [0.25, 0.3) is 0 Å². The summed E-state index contributed by atoms with van der Waals surface area (Å²) in [5.41, 5.74) is 4.96. The van der Waals surface area contributed by atoms with Crippen LogP contribution in [0.3, 0.4) is 0 Å². The molecule has 10 atom stereocenters. The van der Waals surface area contributed by atoms with Crippen LogP contribution in [0, 0.1) is 53.9 Å². The van der Waals surface area contributed by atoms with Crippen LogP contribution in [0.5, 0.6) is 11.5 Å². The van der Waals surface area contributed by atoms with Crippen molar-refractivity contribution in [3.63, 3.8) is 0 Å². The normalized spacial score (nSPS) is 25.0. The maximum Gasteiger partial charge on any atom is 0.341 e. The molecule has 60 heavy (non-hydrogen) atoms. The Morgan fingerprint density at radius 3 is 1.57 bits per heavy atom. The van der Waals surface area contributed by atoms with Crippen LogP contribution in [0.15, 0.2) is 36.4 Å². The van der Waals surface area contributed by atoms with Crippen molar-refractivity contribution >= 4 is 5.97 Å². The number of ether oxygens (including phenoxy) is 2. The van der Waals surface area contributed by atoms with Gasteiger partial charge in [0, 0.05) is 72.3 Å². The number of nitriles is 1. The molecule has 2 fully saturated rings. The van der Waals surface area contributed by atoms with E-state index in [1.807, 2.05) is 38.1 Å². The third-order valence-electron chi connectivity index (χ3n) is 13.1. The van der Waals surface area contributed by atoms with E-state index in [2.05, 4.69) is 33.1 Å².